The lowest BCUT2D eigenvalue weighted by Gasteiger charge is -2.25. The molecule has 5 nitrogen and oxygen atoms in total. The van der Waals surface area contributed by atoms with E-state index in [1.807, 2.05) is 19.0 Å². The van der Waals surface area contributed by atoms with Crippen molar-refractivity contribution < 1.29 is 22.8 Å². The van der Waals surface area contributed by atoms with Gasteiger partial charge < -0.3 is 10.2 Å². The molecule has 32 heavy (non-hydrogen) atoms. The van der Waals surface area contributed by atoms with Gasteiger partial charge in [0.1, 0.15) is 0 Å². The van der Waals surface area contributed by atoms with Crippen molar-refractivity contribution in [3.8, 4) is 0 Å². The molecule has 0 radical (unpaired) electrons. The molecule has 0 saturated heterocycles. The van der Waals surface area contributed by atoms with E-state index in [0.717, 1.165) is 17.8 Å². The van der Waals surface area contributed by atoms with Crippen LogP contribution in [0.25, 0.3) is 0 Å². The molecule has 0 fully saturated rings. The summed E-state index contributed by atoms with van der Waals surface area (Å²) in [4.78, 5) is 29.8. The average molecular weight is 466 g/mol. The van der Waals surface area contributed by atoms with E-state index in [9.17, 15) is 22.8 Å². The molecule has 1 heterocycles. The number of hydrogen-bond donors (Lipinski definition) is 1. The lowest BCUT2D eigenvalue weighted by atomic mass is 9.97. The van der Waals surface area contributed by atoms with Crippen LogP contribution in [0.5, 0.6) is 0 Å². The summed E-state index contributed by atoms with van der Waals surface area (Å²) in [5.74, 6) is -1.52. The summed E-state index contributed by atoms with van der Waals surface area (Å²) in [5, 5.41) is 2.92. The molecule has 1 N–H and O–H groups in total. The number of para-hydroxylation sites is 1. The van der Waals surface area contributed by atoms with Crippen molar-refractivity contribution >= 4 is 35.0 Å². The second-order valence-corrected chi connectivity index (χ2v) is 8.73. The number of nitrogens with one attached hydrogen (secondary N) is 1. The first-order valence-corrected chi connectivity index (χ1v) is 11.5. The van der Waals surface area contributed by atoms with Crippen molar-refractivity contribution in [1.29, 1.82) is 0 Å². The molecule has 0 aromatic heterocycles. The van der Waals surface area contributed by atoms with Crippen LogP contribution in [0.15, 0.2) is 47.4 Å². The van der Waals surface area contributed by atoms with E-state index < -0.39 is 23.6 Å². The van der Waals surface area contributed by atoms with Crippen molar-refractivity contribution in [2.45, 2.75) is 29.8 Å². The van der Waals surface area contributed by atoms with Gasteiger partial charge in [-0.25, -0.2) is 4.90 Å². The number of carbonyl (C=O) groups is 2. The van der Waals surface area contributed by atoms with Crippen LogP contribution >= 0.6 is 11.8 Å². The van der Waals surface area contributed by atoms with Gasteiger partial charge in [-0.1, -0.05) is 18.2 Å². The smallest absolute Gasteiger partial charge is 0.384 e. The molecular weight excluding hydrogens is 439 g/mol. The van der Waals surface area contributed by atoms with Crippen LogP contribution in [0, 0.1) is 0 Å². The number of fused-ring (bicyclic) bond motifs is 1. The van der Waals surface area contributed by atoms with Gasteiger partial charge in [-0.15, -0.1) is 11.8 Å². The van der Waals surface area contributed by atoms with Gasteiger partial charge in [0.25, 0.3) is 0 Å². The Hall–Kier alpha value is -2.52. The zero-order valence-electron chi connectivity index (χ0n) is 18.2. The zero-order valence-corrected chi connectivity index (χ0v) is 19.0. The summed E-state index contributed by atoms with van der Waals surface area (Å²) >= 11 is 0.983. The fourth-order valence-electron chi connectivity index (χ4n) is 3.76. The number of rotatable bonds is 7. The normalized spacial score (nSPS) is 15.4. The summed E-state index contributed by atoms with van der Waals surface area (Å²) in [7, 11) is 3.81. The van der Waals surface area contributed by atoms with Crippen LogP contribution in [0.2, 0.25) is 0 Å². The minimum Gasteiger partial charge on any atom is -0.384 e. The fourth-order valence-corrected chi connectivity index (χ4v) is 4.39. The van der Waals surface area contributed by atoms with Crippen LogP contribution in [-0.2, 0) is 15.8 Å². The van der Waals surface area contributed by atoms with Gasteiger partial charge in [0, 0.05) is 23.5 Å². The van der Waals surface area contributed by atoms with E-state index in [2.05, 4.69) is 5.32 Å². The zero-order chi connectivity index (χ0) is 23.5. The highest BCUT2D eigenvalue weighted by molar-refractivity contribution is 7.98. The largest absolute Gasteiger partial charge is 0.417 e. The Bertz CT molecular complexity index is 980. The highest BCUT2D eigenvalue weighted by atomic mass is 32.2. The van der Waals surface area contributed by atoms with Crippen molar-refractivity contribution in [1.82, 2.24) is 4.90 Å². The molecule has 2 aromatic rings. The average Bonchev–Trinajstić information content (AvgIpc) is 3.15. The van der Waals surface area contributed by atoms with Crippen LogP contribution < -0.4 is 10.2 Å². The Kier molecular flexibility index (Phi) is 7.51. The third kappa shape index (κ3) is 5.27. The molecule has 1 unspecified atom stereocenters. The topological polar surface area (TPSA) is 52.7 Å². The van der Waals surface area contributed by atoms with Crippen LogP contribution in [0.4, 0.5) is 24.5 Å². The second-order valence-electron chi connectivity index (χ2n) is 7.88. The standard InChI is InChI=1S/C23H26F3N3O2S/c1-28(2)11-7-10-21(30)29(15-8-5-4-6-9-15)22(31)17-14-27-19-13-18(23(24,25)26)20(32-3)12-16(17)19/h4-6,8-9,12-13,17,27H,7,10-11,14H2,1-3H3. The van der Waals surface area contributed by atoms with E-state index in [1.54, 1.807) is 36.6 Å². The Balaban J connectivity index is 1.94. The number of amides is 2. The van der Waals surface area contributed by atoms with Crippen molar-refractivity contribution in [3.63, 3.8) is 0 Å². The Morgan fingerprint density at radius 3 is 2.44 bits per heavy atom. The van der Waals surface area contributed by atoms with Gasteiger partial charge in [0.05, 0.1) is 17.2 Å². The molecule has 0 bridgehead atoms. The van der Waals surface area contributed by atoms with Crippen LogP contribution in [0.3, 0.4) is 0 Å². The number of nitrogens with zero attached hydrogens (tertiary/aromatic N) is 2. The SMILES string of the molecule is CSc1cc2c(cc1C(F)(F)F)NCC2C(=O)N(C(=O)CCCN(C)C)c1ccccc1. The number of hydrogen-bond acceptors (Lipinski definition) is 5. The highest BCUT2D eigenvalue weighted by Gasteiger charge is 2.39. The van der Waals surface area contributed by atoms with Gasteiger partial charge in [0.15, 0.2) is 0 Å². The number of alkyl halides is 3. The third-order valence-corrected chi connectivity index (χ3v) is 6.10. The predicted octanol–water partition coefficient (Wildman–Crippen LogP) is 4.84. The van der Waals surface area contributed by atoms with Gasteiger partial charge >= 0.3 is 6.18 Å². The first-order valence-electron chi connectivity index (χ1n) is 10.2. The van der Waals surface area contributed by atoms with E-state index >= 15 is 0 Å². The molecule has 172 valence electrons. The van der Waals surface area contributed by atoms with Crippen molar-refractivity contribution in [3.05, 3.63) is 53.6 Å². The lowest BCUT2D eigenvalue weighted by molar-refractivity contribution is -0.139. The number of thioether (sulfide) groups is 1. The number of halogens is 3. The highest BCUT2D eigenvalue weighted by Crippen LogP contribution is 2.43. The molecule has 2 amide bonds. The fraction of sp³-hybridized carbons (Fsp3) is 0.391. The second kappa shape index (κ2) is 9.95. The Morgan fingerprint density at radius 2 is 1.84 bits per heavy atom. The molecule has 0 saturated carbocycles. The maximum atomic E-state index is 13.6. The maximum Gasteiger partial charge on any atom is 0.417 e. The quantitative estimate of drug-likeness (QED) is 0.593. The van der Waals surface area contributed by atoms with E-state index in [1.165, 1.54) is 11.0 Å². The molecule has 1 aliphatic rings. The maximum absolute atomic E-state index is 13.6. The van der Waals surface area contributed by atoms with Crippen LogP contribution in [-0.4, -0.2) is 50.2 Å². The monoisotopic (exact) mass is 465 g/mol. The summed E-state index contributed by atoms with van der Waals surface area (Å²) < 4.78 is 40.3. The first-order chi connectivity index (χ1) is 15.1. The number of anilines is 2. The molecule has 9 heteroatoms. The van der Waals surface area contributed by atoms with Gasteiger partial charge in [0.2, 0.25) is 11.8 Å². The summed E-state index contributed by atoms with van der Waals surface area (Å²) in [6, 6.07) is 11.1. The van der Waals surface area contributed by atoms with Gasteiger partial charge in [-0.3, -0.25) is 9.59 Å². The Morgan fingerprint density at radius 1 is 1.16 bits per heavy atom. The number of carbonyl (C=O) groups excluding carboxylic acids is 2. The summed E-state index contributed by atoms with van der Waals surface area (Å²) in [6.07, 6.45) is -2.14. The molecule has 2 aromatic carbocycles. The summed E-state index contributed by atoms with van der Waals surface area (Å²) in [6.45, 7) is 0.839. The first kappa shape index (κ1) is 24.1. The van der Waals surface area contributed by atoms with Gasteiger partial charge in [-0.2, -0.15) is 13.2 Å². The number of imide groups is 1. The van der Waals surface area contributed by atoms with Crippen molar-refractivity contribution in [2.75, 3.05) is 43.7 Å². The molecule has 0 spiro atoms. The Labute approximate surface area is 190 Å². The lowest BCUT2D eigenvalue weighted by Crippen LogP contribution is -2.41. The number of benzene rings is 2. The molecule has 3 rings (SSSR count). The minimum atomic E-state index is -4.49. The van der Waals surface area contributed by atoms with E-state index in [-0.39, 0.29) is 29.5 Å². The van der Waals surface area contributed by atoms with Gasteiger partial charge in [-0.05, 0) is 63.1 Å². The predicted molar refractivity (Wildman–Crippen MR) is 121 cm³/mol. The molecule has 0 aliphatic carbocycles. The van der Waals surface area contributed by atoms with Crippen LogP contribution in [0.1, 0.15) is 29.9 Å². The molecule has 1 aliphatic heterocycles. The van der Waals surface area contributed by atoms with E-state index in [0.29, 0.717) is 24.2 Å². The summed E-state index contributed by atoms with van der Waals surface area (Å²) in [5.41, 5.74) is 0.484. The van der Waals surface area contributed by atoms with E-state index in [4.69, 9.17) is 0 Å². The van der Waals surface area contributed by atoms with Crippen molar-refractivity contribution in [2.24, 2.45) is 0 Å². The third-order valence-electron chi connectivity index (χ3n) is 5.33. The minimum absolute atomic E-state index is 0.0568. The molecule has 1 atom stereocenters. The molecular formula is C23H26F3N3O2S.